The number of nitriles is 1. The summed E-state index contributed by atoms with van der Waals surface area (Å²) in [4.78, 5) is 6.58. The maximum Gasteiger partial charge on any atom is 0.101 e. The van der Waals surface area contributed by atoms with Crippen molar-refractivity contribution in [1.82, 2.24) is 15.2 Å². The van der Waals surface area contributed by atoms with Gasteiger partial charge in [-0.2, -0.15) is 10.4 Å². The molecular weight excluding hydrogens is 310 g/mol. The van der Waals surface area contributed by atoms with Crippen LogP contribution in [-0.4, -0.2) is 28.3 Å². The molecule has 0 bridgehead atoms. The van der Waals surface area contributed by atoms with Gasteiger partial charge < -0.3 is 4.90 Å². The molecule has 5 nitrogen and oxygen atoms in total. The van der Waals surface area contributed by atoms with Crippen LogP contribution in [0.2, 0.25) is 0 Å². The number of hydrogen-bond donors (Lipinski definition) is 1. The van der Waals surface area contributed by atoms with Gasteiger partial charge in [0, 0.05) is 42.8 Å². The Kier molecular flexibility index (Phi) is 4.17. The lowest BCUT2D eigenvalue weighted by molar-refractivity contribution is 0.505. The van der Waals surface area contributed by atoms with Gasteiger partial charge >= 0.3 is 0 Å². The standard InChI is InChI=1S/C20H19N5/c21-11-16-3-1-5-19(17-4-2-8-22-12-17)20(16)25-9-6-15(7-10-25)18-13-23-24-14-18/h1-5,8,12-15H,6-7,9-10H2,(H,23,24). The third-order valence-electron chi connectivity index (χ3n) is 4.93. The Bertz CT molecular complexity index is 872. The molecule has 124 valence electrons. The molecule has 3 heterocycles. The van der Waals surface area contributed by atoms with Gasteiger partial charge in [0.2, 0.25) is 0 Å². The highest BCUT2D eigenvalue weighted by Crippen LogP contribution is 2.37. The number of nitrogens with one attached hydrogen (secondary N) is 1. The molecule has 0 saturated carbocycles. The number of nitrogens with zero attached hydrogens (tertiary/aromatic N) is 4. The second-order valence-corrected chi connectivity index (χ2v) is 6.35. The summed E-state index contributed by atoms with van der Waals surface area (Å²) in [5.41, 5.74) is 5.16. The minimum atomic E-state index is 0.533. The van der Waals surface area contributed by atoms with Gasteiger partial charge in [-0.25, -0.2) is 0 Å². The first kappa shape index (κ1) is 15.4. The summed E-state index contributed by atoms with van der Waals surface area (Å²) in [7, 11) is 0. The van der Waals surface area contributed by atoms with E-state index in [0.717, 1.165) is 48.3 Å². The monoisotopic (exact) mass is 329 g/mol. The summed E-state index contributed by atoms with van der Waals surface area (Å²) in [6.07, 6.45) is 9.67. The van der Waals surface area contributed by atoms with Crippen LogP contribution in [0.3, 0.4) is 0 Å². The molecule has 0 amide bonds. The van der Waals surface area contributed by atoms with Gasteiger partial charge in [0.05, 0.1) is 17.4 Å². The zero-order chi connectivity index (χ0) is 17.1. The van der Waals surface area contributed by atoms with Crippen molar-refractivity contribution in [3.05, 3.63) is 66.2 Å². The molecule has 1 aromatic carbocycles. The molecule has 0 radical (unpaired) electrons. The van der Waals surface area contributed by atoms with Crippen molar-refractivity contribution in [3.63, 3.8) is 0 Å². The number of para-hydroxylation sites is 1. The Labute approximate surface area is 146 Å². The van der Waals surface area contributed by atoms with E-state index in [4.69, 9.17) is 0 Å². The van der Waals surface area contributed by atoms with Crippen LogP contribution in [0.5, 0.6) is 0 Å². The first-order valence-electron chi connectivity index (χ1n) is 8.54. The lowest BCUT2D eigenvalue weighted by Crippen LogP contribution is -2.33. The SMILES string of the molecule is N#Cc1cccc(-c2cccnc2)c1N1CCC(c2cn[nH]c2)CC1. The van der Waals surface area contributed by atoms with Crippen LogP contribution in [0.25, 0.3) is 11.1 Å². The van der Waals surface area contributed by atoms with Crippen LogP contribution >= 0.6 is 0 Å². The van der Waals surface area contributed by atoms with E-state index < -0.39 is 0 Å². The zero-order valence-corrected chi connectivity index (χ0v) is 13.9. The lowest BCUT2D eigenvalue weighted by atomic mass is 9.90. The van der Waals surface area contributed by atoms with Crippen molar-refractivity contribution in [2.45, 2.75) is 18.8 Å². The second kappa shape index (κ2) is 6.78. The third-order valence-corrected chi connectivity index (χ3v) is 4.93. The number of piperidine rings is 1. The normalized spacial score (nSPS) is 15.1. The summed E-state index contributed by atoms with van der Waals surface area (Å²) < 4.78 is 0. The van der Waals surface area contributed by atoms with Gasteiger partial charge in [-0.05, 0) is 36.5 Å². The Balaban J connectivity index is 1.65. The largest absolute Gasteiger partial charge is 0.370 e. The highest BCUT2D eigenvalue weighted by molar-refractivity contribution is 5.82. The average molecular weight is 329 g/mol. The van der Waals surface area contributed by atoms with Crippen LogP contribution in [-0.2, 0) is 0 Å². The predicted octanol–water partition coefficient (Wildman–Crippen LogP) is 3.73. The minimum absolute atomic E-state index is 0.533. The van der Waals surface area contributed by atoms with Gasteiger partial charge in [0.15, 0.2) is 0 Å². The average Bonchev–Trinajstić information content (AvgIpc) is 3.23. The first-order chi connectivity index (χ1) is 12.4. The van der Waals surface area contributed by atoms with E-state index >= 15 is 0 Å². The van der Waals surface area contributed by atoms with E-state index in [9.17, 15) is 5.26 Å². The van der Waals surface area contributed by atoms with Crippen molar-refractivity contribution in [3.8, 4) is 17.2 Å². The molecular formula is C20H19N5. The number of aromatic amines is 1. The van der Waals surface area contributed by atoms with E-state index in [1.54, 1.807) is 6.20 Å². The highest BCUT2D eigenvalue weighted by Gasteiger charge is 2.24. The van der Waals surface area contributed by atoms with Gasteiger partial charge in [-0.1, -0.05) is 18.2 Å². The molecule has 1 fully saturated rings. The van der Waals surface area contributed by atoms with Crippen LogP contribution < -0.4 is 4.90 Å². The number of pyridine rings is 1. The van der Waals surface area contributed by atoms with E-state index in [1.807, 2.05) is 42.9 Å². The molecule has 0 aliphatic carbocycles. The molecule has 0 spiro atoms. The van der Waals surface area contributed by atoms with Crippen molar-refractivity contribution >= 4 is 5.69 Å². The molecule has 0 unspecified atom stereocenters. The number of benzene rings is 1. The first-order valence-corrected chi connectivity index (χ1v) is 8.54. The summed E-state index contributed by atoms with van der Waals surface area (Å²) in [5.74, 6) is 0.533. The van der Waals surface area contributed by atoms with Crippen molar-refractivity contribution in [2.75, 3.05) is 18.0 Å². The smallest absolute Gasteiger partial charge is 0.101 e. The Hall–Kier alpha value is -3.13. The Morgan fingerprint density at radius 1 is 1.12 bits per heavy atom. The fraction of sp³-hybridized carbons (Fsp3) is 0.250. The summed E-state index contributed by atoms with van der Waals surface area (Å²) in [5, 5.41) is 16.6. The summed E-state index contributed by atoms with van der Waals surface area (Å²) >= 11 is 0. The summed E-state index contributed by atoms with van der Waals surface area (Å²) in [6, 6.07) is 12.3. The van der Waals surface area contributed by atoms with Crippen LogP contribution in [0.1, 0.15) is 29.9 Å². The molecule has 1 saturated heterocycles. The van der Waals surface area contributed by atoms with Gasteiger partial charge in [-0.15, -0.1) is 0 Å². The van der Waals surface area contributed by atoms with Gasteiger partial charge in [0.1, 0.15) is 6.07 Å². The number of anilines is 1. The van der Waals surface area contributed by atoms with Crippen molar-refractivity contribution in [2.24, 2.45) is 0 Å². The molecule has 1 aliphatic rings. The molecule has 5 heteroatoms. The molecule has 1 N–H and O–H groups in total. The van der Waals surface area contributed by atoms with Gasteiger partial charge in [-0.3, -0.25) is 10.1 Å². The van der Waals surface area contributed by atoms with Crippen molar-refractivity contribution < 1.29 is 0 Å². The fourth-order valence-corrected chi connectivity index (χ4v) is 3.65. The van der Waals surface area contributed by atoms with Crippen molar-refractivity contribution in [1.29, 1.82) is 5.26 Å². The molecule has 1 aliphatic heterocycles. The van der Waals surface area contributed by atoms with Crippen LogP contribution in [0.4, 0.5) is 5.69 Å². The topological polar surface area (TPSA) is 68.6 Å². The highest BCUT2D eigenvalue weighted by atomic mass is 15.1. The number of H-pyrrole nitrogens is 1. The molecule has 4 rings (SSSR count). The minimum Gasteiger partial charge on any atom is -0.370 e. The Morgan fingerprint density at radius 2 is 2.00 bits per heavy atom. The fourth-order valence-electron chi connectivity index (χ4n) is 3.65. The number of hydrogen-bond acceptors (Lipinski definition) is 4. The van der Waals surface area contributed by atoms with Crippen LogP contribution in [0.15, 0.2) is 55.1 Å². The number of aromatic nitrogens is 3. The maximum absolute atomic E-state index is 9.62. The van der Waals surface area contributed by atoms with Crippen LogP contribution in [0, 0.1) is 11.3 Å². The predicted molar refractivity (Wildman–Crippen MR) is 97.2 cm³/mol. The Morgan fingerprint density at radius 3 is 2.68 bits per heavy atom. The molecule has 25 heavy (non-hydrogen) atoms. The van der Waals surface area contributed by atoms with Gasteiger partial charge in [0.25, 0.3) is 0 Å². The lowest BCUT2D eigenvalue weighted by Gasteiger charge is -2.35. The maximum atomic E-state index is 9.62. The quantitative estimate of drug-likeness (QED) is 0.795. The van der Waals surface area contributed by atoms with E-state index in [-0.39, 0.29) is 0 Å². The van der Waals surface area contributed by atoms with E-state index in [1.165, 1.54) is 5.56 Å². The van der Waals surface area contributed by atoms with E-state index in [2.05, 4.69) is 32.2 Å². The molecule has 3 aromatic rings. The third kappa shape index (κ3) is 2.99. The molecule has 2 aromatic heterocycles. The number of rotatable bonds is 3. The zero-order valence-electron chi connectivity index (χ0n) is 13.9. The summed E-state index contributed by atoms with van der Waals surface area (Å²) in [6.45, 7) is 1.86. The van der Waals surface area contributed by atoms with E-state index in [0.29, 0.717) is 5.92 Å². The molecule has 0 atom stereocenters. The second-order valence-electron chi connectivity index (χ2n) is 6.35.